The van der Waals surface area contributed by atoms with Crippen LogP contribution in [0.15, 0.2) is 18.2 Å². The first-order chi connectivity index (χ1) is 9.32. The van der Waals surface area contributed by atoms with Crippen LogP contribution in [0, 0.1) is 11.7 Å². The Bertz CT molecular complexity index is 488. The molecule has 0 saturated carbocycles. The van der Waals surface area contributed by atoms with E-state index in [4.69, 9.17) is 29.6 Å². The molecule has 1 amide bonds. The number of carbonyl (C=O) groups excluding carboxylic acids is 1. The number of halogens is 2. The molecule has 2 N–H and O–H groups in total. The van der Waals surface area contributed by atoms with Crippen molar-refractivity contribution < 1.29 is 9.18 Å². The van der Waals surface area contributed by atoms with Gasteiger partial charge in [0, 0.05) is 19.5 Å². The van der Waals surface area contributed by atoms with E-state index in [9.17, 15) is 9.18 Å². The van der Waals surface area contributed by atoms with Gasteiger partial charge in [0.05, 0.1) is 15.6 Å². The number of rotatable bonds is 6. The molecule has 0 unspecified atom stereocenters. The molecule has 3 nitrogen and oxygen atoms in total. The third-order valence-corrected chi connectivity index (χ3v) is 3.20. The van der Waals surface area contributed by atoms with Gasteiger partial charge in [-0.25, -0.2) is 4.39 Å². The molecule has 0 aliphatic rings. The molecule has 1 aromatic carbocycles. The highest BCUT2D eigenvalue weighted by atomic mass is 35.5. The highest BCUT2D eigenvalue weighted by molar-refractivity contribution is 7.80. The Balaban J connectivity index is 3.00. The molecule has 1 rings (SSSR count). The molecule has 0 fully saturated rings. The van der Waals surface area contributed by atoms with Crippen molar-refractivity contribution in [3.8, 4) is 0 Å². The standard InChI is InChI=1S/C14H18ClFN2OS/c1-9(2)8-18(7-6-12(17)20)14(19)13-10(15)4-3-5-11(13)16/h3-5,9H,6-8H2,1-2H3,(H2,17,20). The number of hydrogen-bond acceptors (Lipinski definition) is 2. The van der Waals surface area contributed by atoms with Crippen molar-refractivity contribution in [1.29, 1.82) is 0 Å². The zero-order valence-electron chi connectivity index (χ0n) is 11.5. The number of nitrogens with two attached hydrogens (primary N) is 1. The summed E-state index contributed by atoms with van der Waals surface area (Å²) in [5.41, 5.74) is 5.36. The van der Waals surface area contributed by atoms with Crippen molar-refractivity contribution in [3.63, 3.8) is 0 Å². The molecule has 0 heterocycles. The highest BCUT2D eigenvalue weighted by Crippen LogP contribution is 2.21. The molecule has 0 aliphatic carbocycles. The minimum atomic E-state index is -0.619. The molecule has 0 bridgehead atoms. The fraction of sp³-hybridized carbons (Fsp3) is 0.429. The first-order valence-corrected chi connectivity index (χ1v) is 7.13. The second kappa shape index (κ2) is 7.55. The average Bonchev–Trinajstić information content (AvgIpc) is 2.33. The van der Waals surface area contributed by atoms with E-state index in [0.717, 1.165) is 0 Å². The molecular weight excluding hydrogens is 299 g/mol. The van der Waals surface area contributed by atoms with Gasteiger partial charge in [-0.1, -0.05) is 43.7 Å². The van der Waals surface area contributed by atoms with E-state index in [1.54, 1.807) is 0 Å². The number of amides is 1. The average molecular weight is 317 g/mol. The maximum Gasteiger partial charge on any atom is 0.258 e. The van der Waals surface area contributed by atoms with E-state index >= 15 is 0 Å². The largest absolute Gasteiger partial charge is 0.393 e. The quantitative estimate of drug-likeness (QED) is 0.819. The van der Waals surface area contributed by atoms with E-state index in [-0.39, 0.29) is 16.5 Å². The van der Waals surface area contributed by atoms with Crippen LogP contribution < -0.4 is 5.73 Å². The van der Waals surface area contributed by atoms with Gasteiger partial charge in [0.25, 0.3) is 5.91 Å². The fourth-order valence-corrected chi connectivity index (χ4v) is 2.16. The molecule has 20 heavy (non-hydrogen) atoms. The lowest BCUT2D eigenvalue weighted by Gasteiger charge is -2.25. The zero-order valence-corrected chi connectivity index (χ0v) is 13.1. The zero-order chi connectivity index (χ0) is 15.3. The summed E-state index contributed by atoms with van der Waals surface area (Å²) in [4.78, 5) is 14.3. The second-order valence-electron chi connectivity index (χ2n) is 4.96. The van der Waals surface area contributed by atoms with Crippen LogP contribution in [-0.2, 0) is 0 Å². The van der Waals surface area contributed by atoms with Gasteiger partial charge in [-0.15, -0.1) is 0 Å². The van der Waals surface area contributed by atoms with Crippen molar-refractivity contribution in [2.24, 2.45) is 11.7 Å². The maximum atomic E-state index is 13.8. The predicted molar refractivity (Wildman–Crippen MR) is 83.6 cm³/mol. The van der Waals surface area contributed by atoms with Gasteiger partial charge in [0.1, 0.15) is 5.82 Å². The monoisotopic (exact) mass is 316 g/mol. The minimum Gasteiger partial charge on any atom is -0.393 e. The summed E-state index contributed by atoms with van der Waals surface area (Å²) in [6, 6.07) is 4.19. The van der Waals surface area contributed by atoms with Gasteiger partial charge in [0.15, 0.2) is 0 Å². The molecule has 0 saturated heterocycles. The first kappa shape index (κ1) is 16.9. The molecule has 6 heteroatoms. The van der Waals surface area contributed by atoms with Crippen LogP contribution in [0.1, 0.15) is 30.6 Å². The molecular formula is C14H18ClFN2OS. The van der Waals surface area contributed by atoms with Crippen molar-refractivity contribution in [3.05, 3.63) is 34.6 Å². The number of hydrogen-bond donors (Lipinski definition) is 1. The number of carbonyl (C=O) groups is 1. The summed E-state index contributed by atoms with van der Waals surface area (Å²) in [6.07, 6.45) is 0.403. The van der Waals surface area contributed by atoms with Crippen LogP contribution in [0.4, 0.5) is 4.39 Å². The lowest BCUT2D eigenvalue weighted by molar-refractivity contribution is 0.0736. The van der Waals surface area contributed by atoms with Crippen LogP contribution >= 0.6 is 23.8 Å². The maximum absolute atomic E-state index is 13.8. The summed E-state index contributed by atoms with van der Waals surface area (Å²) in [5.74, 6) is -0.805. The minimum absolute atomic E-state index is 0.0993. The topological polar surface area (TPSA) is 46.3 Å². The molecule has 110 valence electrons. The third-order valence-electron chi connectivity index (χ3n) is 2.68. The van der Waals surface area contributed by atoms with Gasteiger partial charge >= 0.3 is 0 Å². The highest BCUT2D eigenvalue weighted by Gasteiger charge is 2.22. The van der Waals surface area contributed by atoms with Gasteiger partial charge in [-0.05, 0) is 18.1 Å². The lowest BCUT2D eigenvalue weighted by atomic mass is 10.1. The van der Waals surface area contributed by atoms with Gasteiger partial charge in [0.2, 0.25) is 0 Å². The van der Waals surface area contributed by atoms with E-state index in [1.807, 2.05) is 13.8 Å². The predicted octanol–water partition coefficient (Wildman–Crippen LogP) is 3.25. The Morgan fingerprint density at radius 3 is 2.65 bits per heavy atom. The Hall–Kier alpha value is -1.20. The Labute approximate surface area is 128 Å². The number of benzene rings is 1. The summed E-state index contributed by atoms with van der Waals surface area (Å²) >= 11 is 10.8. The van der Waals surface area contributed by atoms with Gasteiger partial charge in [-0.2, -0.15) is 0 Å². The summed E-state index contributed by atoms with van der Waals surface area (Å²) in [7, 11) is 0. The normalized spacial score (nSPS) is 10.7. The summed E-state index contributed by atoms with van der Waals surface area (Å²) in [6.45, 7) is 4.80. The van der Waals surface area contributed by atoms with E-state index in [2.05, 4.69) is 0 Å². The smallest absolute Gasteiger partial charge is 0.258 e. The van der Waals surface area contributed by atoms with Crippen molar-refractivity contribution >= 4 is 34.7 Å². The van der Waals surface area contributed by atoms with E-state index in [1.165, 1.54) is 23.1 Å². The lowest BCUT2D eigenvalue weighted by Crippen LogP contribution is -2.37. The van der Waals surface area contributed by atoms with Crippen LogP contribution in [-0.4, -0.2) is 28.9 Å². The fourth-order valence-electron chi connectivity index (χ4n) is 1.82. The van der Waals surface area contributed by atoms with Gasteiger partial charge in [-0.3, -0.25) is 4.79 Å². The molecule has 1 aromatic rings. The summed E-state index contributed by atoms with van der Waals surface area (Å²) < 4.78 is 13.8. The Morgan fingerprint density at radius 1 is 1.50 bits per heavy atom. The molecule has 0 aliphatic heterocycles. The third kappa shape index (κ3) is 4.72. The molecule has 0 atom stereocenters. The van der Waals surface area contributed by atoms with Crippen molar-refractivity contribution in [2.75, 3.05) is 13.1 Å². The van der Waals surface area contributed by atoms with Crippen LogP contribution in [0.25, 0.3) is 0 Å². The van der Waals surface area contributed by atoms with Crippen LogP contribution in [0.5, 0.6) is 0 Å². The Kier molecular flexibility index (Phi) is 6.36. The first-order valence-electron chi connectivity index (χ1n) is 6.34. The molecule has 0 spiro atoms. The molecule has 0 radical (unpaired) electrons. The molecule has 0 aromatic heterocycles. The van der Waals surface area contributed by atoms with Crippen molar-refractivity contribution in [1.82, 2.24) is 4.90 Å². The SMILES string of the molecule is CC(C)CN(CCC(N)=S)C(=O)c1c(F)cccc1Cl. The van der Waals surface area contributed by atoms with Crippen molar-refractivity contribution in [2.45, 2.75) is 20.3 Å². The van der Waals surface area contributed by atoms with E-state index < -0.39 is 11.7 Å². The van der Waals surface area contributed by atoms with E-state index in [0.29, 0.717) is 24.5 Å². The van der Waals surface area contributed by atoms with Crippen LogP contribution in [0.2, 0.25) is 5.02 Å². The Morgan fingerprint density at radius 2 is 2.15 bits per heavy atom. The summed E-state index contributed by atoms with van der Waals surface area (Å²) in [5, 5.41) is 0.110. The van der Waals surface area contributed by atoms with Gasteiger partial charge < -0.3 is 10.6 Å². The second-order valence-corrected chi connectivity index (χ2v) is 5.89. The number of nitrogens with zero attached hydrogens (tertiary/aromatic N) is 1. The van der Waals surface area contributed by atoms with Crippen LogP contribution in [0.3, 0.4) is 0 Å². The number of thiocarbonyl (C=S) groups is 1.